The summed E-state index contributed by atoms with van der Waals surface area (Å²) in [5, 5.41) is 12.4. The van der Waals surface area contributed by atoms with Crippen LogP contribution in [0.25, 0.3) is 5.65 Å². The largest absolute Gasteiger partial charge is 0.395 e. The third kappa shape index (κ3) is 2.96. The lowest BCUT2D eigenvalue weighted by Gasteiger charge is -2.23. The van der Waals surface area contributed by atoms with E-state index in [4.69, 9.17) is 0 Å². The zero-order valence-electron chi connectivity index (χ0n) is 11.5. The van der Waals surface area contributed by atoms with Crippen molar-refractivity contribution in [1.29, 1.82) is 0 Å². The molecule has 0 saturated carbocycles. The van der Waals surface area contributed by atoms with Crippen molar-refractivity contribution in [3.63, 3.8) is 0 Å². The van der Waals surface area contributed by atoms with Gasteiger partial charge in [-0.25, -0.2) is 9.97 Å². The van der Waals surface area contributed by atoms with Gasteiger partial charge in [-0.2, -0.15) is 0 Å². The first kappa shape index (κ1) is 13.6. The molecule has 0 radical (unpaired) electrons. The minimum atomic E-state index is 0.111. The van der Waals surface area contributed by atoms with Gasteiger partial charge in [0.1, 0.15) is 5.82 Å². The number of aliphatic hydroxyl groups excluding tert-OH is 1. The molecule has 0 fully saturated rings. The smallest absolute Gasteiger partial charge is 0.180 e. The van der Waals surface area contributed by atoms with E-state index >= 15 is 0 Å². The summed E-state index contributed by atoms with van der Waals surface area (Å²) >= 11 is 0. The van der Waals surface area contributed by atoms with Gasteiger partial charge in [0.05, 0.1) is 12.8 Å². The summed E-state index contributed by atoms with van der Waals surface area (Å²) in [6, 6.07) is 0. The number of rotatable bonds is 7. The van der Waals surface area contributed by atoms with Gasteiger partial charge < -0.3 is 19.7 Å². The van der Waals surface area contributed by atoms with Gasteiger partial charge in [-0.3, -0.25) is 0 Å². The number of hydrogen-bond donors (Lipinski definition) is 2. The molecule has 0 bridgehead atoms. The van der Waals surface area contributed by atoms with Crippen molar-refractivity contribution in [2.75, 3.05) is 36.5 Å². The number of aromatic nitrogens is 3. The van der Waals surface area contributed by atoms with Crippen LogP contribution in [0.1, 0.15) is 20.3 Å². The van der Waals surface area contributed by atoms with Crippen LogP contribution in [-0.4, -0.2) is 45.7 Å². The van der Waals surface area contributed by atoms with E-state index < -0.39 is 0 Å². The first-order valence-corrected chi connectivity index (χ1v) is 6.73. The highest BCUT2D eigenvalue weighted by molar-refractivity contribution is 5.66. The predicted octanol–water partition coefficient (Wildman–Crippen LogP) is 1.37. The van der Waals surface area contributed by atoms with E-state index in [-0.39, 0.29) is 6.61 Å². The molecule has 0 aliphatic heterocycles. The van der Waals surface area contributed by atoms with E-state index in [2.05, 4.69) is 27.1 Å². The topological polar surface area (TPSA) is 65.7 Å². The Bertz CT molecular complexity index is 519. The minimum absolute atomic E-state index is 0.111. The zero-order chi connectivity index (χ0) is 13.7. The van der Waals surface area contributed by atoms with Crippen LogP contribution in [0.5, 0.6) is 0 Å². The number of anilines is 2. The van der Waals surface area contributed by atoms with Crippen molar-refractivity contribution in [3.8, 4) is 0 Å². The van der Waals surface area contributed by atoms with E-state index in [1.54, 1.807) is 6.20 Å². The van der Waals surface area contributed by atoms with E-state index in [0.29, 0.717) is 6.54 Å². The predicted molar refractivity (Wildman–Crippen MR) is 76.7 cm³/mol. The maximum absolute atomic E-state index is 9.21. The van der Waals surface area contributed by atoms with Gasteiger partial charge in [-0.05, 0) is 13.3 Å². The molecule has 0 aliphatic rings. The third-order valence-electron chi connectivity index (χ3n) is 2.88. The molecule has 19 heavy (non-hydrogen) atoms. The van der Waals surface area contributed by atoms with Gasteiger partial charge in [0.2, 0.25) is 0 Å². The van der Waals surface area contributed by atoms with E-state index in [0.717, 1.165) is 36.8 Å². The summed E-state index contributed by atoms with van der Waals surface area (Å²) < 4.78 is 1.96. The Morgan fingerprint density at radius 1 is 1.37 bits per heavy atom. The maximum atomic E-state index is 9.21. The van der Waals surface area contributed by atoms with Crippen LogP contribution < -0.4 is 10.2 Å². The molecule has 0 aromatic carbocycles. The Balaban J connectivity index is 2.45. The van der Waals surface area contributed by atoms with Gasteiger partial charge in [0, 0.05) is 32.0 Å². The number of fused-ring (bicyclic) bond motifs is 1. The second-order valence-corrected chi connectivity index (χ2v) is 4.35. The quantitative estimate of drug-likeness (QED) is 0.790. The summed E-state index contributed by atoms with van der Waals surface area (Å²) in [5.74, 6) is 1.64. The van der Waals surface area contributed by atoms with Crippen molar-refractivity contribution in [1.82, 2.24) is 14.4 Å². The second kappa shape index (κ2) is 6.38. The normalized spacial score (nSPS) is 10.9. The molecule has 2 heterocycles. The summed E-state index contributed by atoms with van der Waals surface area (Å²) in [4.78, 5) is 11.0. The van der Waals surface area contributed by atoms with E-state index in [1.165, 1.54) is 0 Å². The molecule has 6 nitrogen and oxygen atoms in total. The molecule has 0 atom stereocenters. The van der Waals surface area contributed by atoms with Crippen LogP contribution in [0, 0.1) is 0 Å². The Morgan fingerprint density at radius 2 is 2.21 bits per heavy atom. The molecular weight excluding hydrogens is 242 g/mol. The van der Waals surface area contributed by atoms with Crippen molar-refractivity contribution >= 4 is 17.3 Å². The number of hydrogen-bond acceptors (Lipinski definition) is 5. The standard InChI is InChI=1S/C13H21N5O/c1-3-6-17(8-9-19)13-12-15-5-7-18(12)10-11(16-13)14-4-2/h5,7,10,14,19H,3-4,6,8-9H2,1-2H3. The second-order valence-electron chi connectivity index (χ2n) is 4.35. The van der Waals surface area contributed by atoms with Crippen molar-refractivity contribution in [3.05, 3.63) is 18.6 Å². The third-order valence-corrected chi connectivity index (χ3v) is 2.88. The fourth-order valence-corrected chi connectivity index (χ4v) is 2.11. The number of aliphatic hydroxyl groups is 1. The van der Waals surface area contributed by atoms with Crippen LogP contribution in [0.15, 0.2) is 18.6 Å². The molecule has 0 amide bonds. The fourth-order valence-electron chi connectivity index (χ4n) is 2.11. The summed E-state index contributed by atoms with van der Waals surface area (Å²) in [6.07, 6.45) is 6.60. The Labute approximate surface area is 113 Å². The van der Waals surface area contributed by atoms with Crippen LogP contribution in [0.4, 0.5) is 11.6 Å². The van der Waals surface area contributed by atoms with E-state index in [9.17, 15) is 5.11 Å². The molecule has 0 saturated heterocycles. The van der Waals surface area contributed by atoms with Crippen LogP contribution in [0.3, 0.4) is 0 Å². The molecule has 0 spiro atoms. The Kier molecular flexibility index (Phi) is 4.57. The molecule has 104 valence electrons. The van der Waals surface area contributed by atoms with Gasteiger partial charge in [-0.15, -0.1) is 0 Å². The van der Waals surface area contributed by atoms with Crippen LogP contribution >= 0.6 is 0 Å². The van der Waals surface area contributed by atoms with E-state index in [1.807, 2.05) is 23.7 Å². The lowest BCUT2D eigenvalue weighted by atomic mass is 10.4. The zero-order valence-corrected chi connectivity index (χ0v) is 11.5. The minimum Gasteiger partial charge on any atom is -0.395 e. The highest BCUT2D eigenvalue weighted by atomic mass is 16.3. The first-order chi connectivity index (χ1) is 9.30. The molecule has 0 unspecified atom stereocenters. The highest BCUT2D eigenvalue weighted by Crippen LogP contribution is 2.20. The molecule has 2 aromatic rings. The van der Waals surface area contributed by atoms with Crippen molar-refractivity contribution < 1.29 is 5.11 Å². The highest BCUT2D eigenvalue weighted by Gasteiger charge is 2.14. The summed E-state index contributed by atoms with van der Waals surface area (Å²) in [5.41, 5.74) is 0.823. The van der Waals surface area contributed by atoms with Crippen LogP contribution in [-0.2, 0) is 0 Å². The van der Waals surface area contributed by atoms with Gasteiger partial charge in [0.25, 0.3) is 0 Å². The number of nitrogens with one attached hydrogen (secondary N) is 1. The Morgan fingerprint density at radius 3 is 2.89 bits per heavy atom. The van der Waals surface area contributed by atoms with Crippen molar-refractivity contribution in [2.24, 2.45) is 0 Å². The van der Waals surface area contributed by atoms with Gasteiger partial charge in [0.15, 0.2) is 11.5 Å². The first-order valence-electron chi connectivity index (χ1n) is 6.73. The summed E-state index contributed by atoms with van der Waals surface area (Å²) in [7, 11) is 0. The average Bonchev–Trinajstić information content (AvgIpc) is 2.86. The Hall–Kier alpha value is -1.82. The lowest BCUT2D eigenvalue weighted by molar-refractivity contribution is 0.301. The summed E-state index contributed by atoms with van der Waals surface area (Å²) in [6.45, 7) is 6.50. The fraction of sp³-hybridized carbons (Fsp3) is 0.538. The molecule has 6 heteroatoms. The van der Waals surface area contributed by atoms with Gasteiger partial charge >= 0.3 is 0 Å². The average molecular weight is 263 g/mol. The maximum Gasteiger partial charge on any atom is 0.180 e. The van der Waals surface area contributed by atoms with Crippen LogP contribution in [0.2, 0.25) is 0 Å². The number of imidazole rings is 1. The SMILES string of the molecule is CCCN(CCO)c1nc(NCC)cn2ccnc12. The van der Waals surface area contributed by atoms with Crippen molar-refractivity contribution in [2.45, 2.75) is 20.3 Å². The molecule has 2 N–H and O–H groups in total. The molecule has 0 aliphatic carbocycles. The number of nitrogens with zero attached hydrogens (tertiary/aromatic N) is 4. The molecule has 2 aromatic heterocycles. The van der Waals surface area contributed by atoms with Gasteiger partial charge in [-0.1, -0.05) is 6.92 Å². The molecular formula is C13H21N5O. The monoisotopic (exact) mass is 263 g/mol. The molecule has 2 rings (SSSR count). The lowest BCUT2D eigenvalue weighted by Crippen LogP contribution is -2.29.